The first kappa shape index (κ1) is 16.4. The molecule has 0 amide bonds. The summed E-state index contributed by atoms with van der Waals surface area (Å²) >= 11 is 0. The van der Waals surface area contributed by atoms with E-state index in [0.29, 0.717) is 6.61 Å². The number of hydrogen-bond acceptors (Lipinski definition) is 3. The molecule has 1 atom stereocenters. The Kier molecular flexibility index (Phi) is 5.73. The molecule has 1 fully saturated rings. The Labute approximate surface area is 126 Å². The summed E-state index contributed by atoms with van der Waals surface area (Å²) in [7, 11) is 1.70. The van der Waals surface area contributed by atoms with Gasteiger partial charge in [0.1, 0.15) is 5.82 Å². The maximum absolute atomic E-state index is 13.2. The smallest absolute Gasteiger partial charge is 0.123 e. The molecule has 0 bridgehead atoms. The molecule has 0 spiro atoms. The van der Waals surface area contributed by atoms with Crippen LogP contribution in [-0.2, 0) is 11.3 Å². The summed E-state index contributed by atoms with van der Waals surface area (Å²) in [5.74, 6) is -0.181. The van der Waals surface area contributed by atoms with Gasteiger partial charge in [-0.1, -0.05) is 6.07 Å². The molecule has 0 aliphatic carbocycles. The zero-order valence-corrected chi connectivity index (χ0v) is 13.1. The van der Waals surface area contributed by atoms with Gasteiger partial charge in [-0.15, -0.1) is 0 Å². The summed E-state index contributed by atoms with van der Waals surface area (Å²) in [4.78, 5) is 2.37. The second-order valence-electron chi connectivity index (χ2n) is 6.29. The standard InChI is InChI=1S/C17H26FNO2/c1-14-10-16(18)5-4-15(14)11-19-8-3-6-17(12-19,13-20)7-9-21-2/h4-5,10,20H,3,6-9,11-13H2,1-2H3/t17-/m1/s1. The third-order valence-corrected chi connectivity index (χ3v) is 4.61. The fraction of sp³-hybridized carbons (Fsp3) is 0.647. The molecule has 1 aromatic carbocycles. The number of aryl methyl sites for hydroxylation is 1. The van der Waals surface area contributed by atoms with E-state index in [1.54, 1.807) is 13.2 Å². The SMILES string of the molecule is COCC[C@]1(CO)CCCN(Cc2ccc(F)cc2C)C1. The van der Waals surface area contributed by atoms with Gasteiger partial charge in [0.05, 0.1) is 6.61 Å². The number of methoxy groups -OCH3 is 1. The molecule has 1 aliphatic rings. The fourth-order valence-electron chi connectivity index (χ4n) is 3.25. The fourth-order valence-corrected chi connectivity index (χ4v) is 3.25. The monoisotopic (exact) mass is 295 g/mol. The van der Waals surface area contributed by atoms with Gasteiger partial charge >= 0.3 is 0 Å². The van der Waals surface area contributed by atoms with Crippen LogP contribution < -0.4 is 0 Å². The molecule has 0 radical (unpaired) electrons. The number of halogens is 1. The Balaban J connectivity index is 2.03. The molecule has 1 saturated heterocycles. The van der Waals surface area contributed by atoms with Crippen LogP contribution in [-0.4, -0.2) is 43.4 Å². The molecular formula is C17H26FNO2. The van der Waals surface area contributed by atoms with Crippen LogP contribution in [0.15, 0.2) is 18.2 Å². The normalized spacial score (nSPS) is 23.4. The Morgan fingerprint density at radius 3 is 2.90 bits per heavy atom. The molecule has 4 heteroatoms. The van der Waals surface area contributed by atoms with Gasteiger partial charge in [0.15, 0.2) is 0 Å². The van der Waals surface area contributed by atoms with Gasteiger partial charge < -0.3 is 9.84 Å². The molecule has 0 saturated carbocycles. The first-order valence-corrected chi connectivity index (χ1v) is 7.66. The summed E-state index contributed by atoms with van der Waals surface area (Å²) in [6.07, 6.45) is 3.02. The topological polar surface area (TPSA) is 32.7 Å². The van der Waals surface area contributed by atoms with Crippen molar-refractivity contribution in [2.45, 2.75) is 32.7 Å². The van der Waals surface area contributed by atoms with Crippen LogP contribution >= 0.6 is 0 Å². The van der Waals surface area contributed by atoms with E-state index in [4.69, 9.17) is 4.74 Å². The van der Waals surface area contributed by atoms with Gasteiger partial charge in [0, 0.05) is 32.2 Å². The predicted molar refractivity (Wildman–Crippen MR) is 81.7 cm³/mol. The van der Waals surface area contributed by atoms with Gasteiger partial charge in [-0.3, -0.25) is 4.90 Å². The van der Waals surface area contributed by atoms with Crippen LogP contribution in [0, 0.1) is 18.2 Å². The number of aliphatic hydroxyl groups excluding tert-OH is 1. The van der Waals surface area contributed by atoms with Gasteiger partial charge in [-0.2, -0.15) is 0 Å². The minimum atomic E-state index is -0.181. The highest BCUT2D eigenvalue weighted by Gasteiger charge is 2.34. The highest BCUT2D eigenvalue weighted by Crippen LogP contribution is 2.33. The lowest BCUT2D eigenvalue weighted by Crippen LogP contribution is -2.45. The van der Waals surface area contributed by atoms with Crippen molar-refractivity contribution in [3.05, 3.63) is 35.1 Å². The lowest BCUT2D eigenvalue weighted by atomic mass is 9.78. The van der Waals surface area contributed by atoms with Crippen LogP contribution in [0.3, 0.4) is 0 Å². The van der Waals surface area contributed by atoms with Crippen molar-refractivity contribution < 1.29 is 14.2 Å². The van der Waals surface area contributed by atoms with Gasteiger partial charge in [0.25, 0.3) is 0 Å². The quantitative estimate of drug-likeness (QED) is 0.876. The number of aliphatic hydroxyl groups is 1. The summed E-state index contributed by atoms with van der Waals surface area (Å²) in [5.41, 5.74) is 2.10. The first-order valence-electron chi connectivity index (χ1n) is 7.66. The van der Waals surface area contributed by atoms with Crippen molar-refractivity contribution in [2.24, 2.45) is 5.41 Å². The van der Waals surface area contributed by atoms with E-state index >= 15 is 0 Å². The zero-order valence-electron chi connectivity index (χ0n) is 13.1. The average molecular weight is 295 g/mol. The van der Waals surface area contributed by atoms with Crippen LogP contribution in [0.2, 0.25) is 0 Å². The van der Waals surface area contributed by atoms with E-state index in [2.05, 4.69) is 4.90 Å². The summed E-state index contributed by atoms with van der Waals surface area (Å²) in [6, 6.07) is 4.98. The number of benzene rings is 1. The molecule has 1 heterocycles. The molecule has 1 aromatic rings. The Hall–Kier alpha value is -0.970. The van der Waals surface area contributed by atoms with Crippen LogP contribution in [0.1, 0.15) is 30.4 Å². The molecule has 21 heavy (non-hydrogen) atoms. The summed E-state index contributed by atoms with van der Waals surface area (Å²) in [6.45, 7) is 5.57. The van der Waals surface area contributed by atoms with E-state index in [0.717, 1.165) is 50.0 Å². The molecule has 1 aliphatic heterocycles. The minimum Gasteiger partial charge on any atom is -0.396 e. The second kappa shape index (κ2) is 7.34. The summed E-state index contributed by atoms with van der Waals surface area (Å²) in [5, 5.41) is 9.81. The van der Waals surface area contributed by atoms with E-state index in [9.17, 15) is 9.50 Å². The van der Waals surface area contributed by atoms with Crippen LogP contribution in [0.5, 0.6) is 0 Å². The minimum absolute atomic E-state index is 0.0534. The number of hydrogen-bond donors (Lipinski definition) is 1. The van der Waals surface area contributed by atoms with Crippen molar-refractivity contribution in [3.63, 3.8) is 0 Å². The number of rotatable bonds is 6. The van der Waals surface area contributed by atoms with Gasteiger partial charge in [-0.25, -0.2) is 4.39 Å². The van der Waals surface area contributed by atoms with Crippen molar-refractivity contribution >= 4 is 0 Å². The van der Waals surface area contributed by atoms with E-state index in [-0.39, 0.29) is 17.8 Å². The molecule has 0 aromatic heterocycles. The van der Waals surface area contributed by atoms with Gasteiger partial charge in [-0.05, 0) is 56.0 Å². The lowest BCUT2D eigenvalue weighted by Gasteiger charge is -2.42. The third kappa shape index (κ3) is 4.25. The molecule has 3 nitrogen and oxygen atoms in total. The predicted octanol–water partition coefficient (Wildman–Crippen LogP) is 2.75. The Morgan fingerprint density at radius 2 is 2.24 bits per heavy atom. The number of likely N-dealkylation sites (tertiary alicyclic amines) is 1. The summed E-state index contributed by atoms with van der Waals surface area (Å²) < 4.78 is 18.4. The van der Waals surface area contributed by atoms with Crippen molar-refractivity contribution in [1.29, 1.82) is 0 Å². The first-order chi connectivity index (χ1) is 10.1. The van der Waals surface area contributed by atoms with E-state index in [1.807, 2.05) is 13.0 Å². The van der Waals surface area contributed by atoms with Crippen molar-refractivity contribution in [3.8, 4) is 0 Å². The lowest BCUT2D eigenvalue weighted by molar-refractivity contribution is 0.00470. The number of nitrogens with zero attached hydrogens (tertiary/aromatic N) is 1. The van der Waals surface area contributed by atoms with Crippen molar-refractivity contribution in [1.82, 2.24) is 4.90 Å². The Bertz CT molecular complexity index is 466. The van der Waals surface area contributed by atoms with Gasteiger partial charge in [0.2, 0.25) is 0 Å². The molecule has 118 valence electrons. The number of piperidine rings is 1. The molecule has 0 unspecified atom stereocenters. The Morgan fingerprint density at radius 1 is 1.43 bits per heavy atom. The molecule has 2 rings (SSSR count). The average Bonchev–Trinajstić information content (AvgIpc) is 2.48. The van der Waals surface area contributed by atoms with E-state index in [1.165, 1.54) is 6.07 Å². The maximum Gasteiger partial charge on any atom is 0.123 e. The molecule has 1 N–H and O–H groups in total. The third-order valence-electron chi connectivity index (χ3n) is 4.61. The molecular weight excluding hydrogens is 269 g/mol. The maximum atomic E-state index is 13.2. The van der Waals surface area contributed by atoms with E-state index < -0.39 is 0 Å². The highest BCUT2D eigenvalue weighted by atomic mass is 19.1. The van der Waals surface area contributed by atoms with Crippen LogP contribution in [0.4, 0.5) is 4.39 Å². The largest absolute Gasteiger partial charge is 0.396 e. The zero-order chi connectivity index (χ0) is 15.3. The number of ether oxygens (including phenoxy) is 1. The van der Waals surface area contributed by atoms with Crippen LogP contribution in [0.25, 0.3) is 0 Å². The second-order valence-corrected chi connectivity index (χ2v) is 6.29. The highest BCUT2D eigenvalue weighted by molar-refractivity contribution is 5.26. The van der Waals surface area contributed by atoms with Crippen molar-refractivity contribution in [2.75, 3.05) is 33.4 Å².